The molecule has 2 fully saturated rings. The molecule has 4 N–H and O–H groups in total. The number of phenols is 2. The number of benzene rings is 5. The number of carbonyl (C=O) groups excluding carboxylic acids is 2. The number of nitrogens with two attached hydrogens (primary N) is 1. The molecule has 10 atom stereocenters. The maximum atomic E-state index is 13.8. The van der Waals surface area contributed by atoms with Crippen LogP contribution in [-0.4, -0.2) is 137 Å². The second-order valence-corrected chi connectivity index (χ2v) is 23.9. The molecule has 18 nitrogen and oxygen atoms in total. The largest absolute Gasteiger partial charge is 0.507 e. The van der Waals surface area contributed by atoms with E-state index in [4.69, 9.17) is 34.2 Å². The number of carbonyl (C=O) groups is 2. The zero-order valence-corrected chi connectivity index (χ0v) is 48.7. The molecule has 9 aliphatic rings. The van der Waals surface area contributed by atoms with Crippen molar-refractivity contribution in [2.24, 2.45) is 5.73 Å². The third kappa shape index (κ3) is 7.76. The molecule has 0 saturated carbocycles. The van der Waals surface area contributed by atoms with E-state index in [0.717, 1.165) is 83.6 Å². The lowest BCUT2D eigenvalue weighted by molar-refractivity contribution is -0.0757. The second-order valence-electron chi connectivity index (χ2n) is 23.9. The smallest absolute Gasteiger partial charge is 0.261 e. The summed E-state index contributed by atoms with van der Waals surface area (Å²) < 4.78 is 36.7. The molecule has 5 aromatic carbocycles. The standard InChI is InChI=1S/C37H36N4O6.C29H34N4O4/c1-6-11-45-33-20(4)34-35(47-17-46-34)30-24(33)14-26-31-29-21(12-18(2)19(3)32(29)42)13-25(39(31)5)27(15-38)41(26)28(30)16-40-36(43)22-9-7-8-10-23(22)37(40)44;1-6-7-35-27-16(4)28-29(37-13-36-28)24-18(27)10-20-25-23-17(8-14(2)15(3)26(23)34)9-19(32(25)5)21(11-30)33(20)22(24)12-31/h6-10,12,25-28,31,42H,1,11,13-14,16-17H2,2-5H3;6,8,19-22,25,34H,1,7,9-10,12-13,31H2,2-5H3/t25-,26?,27-,28-,31-;19-,20?,21-,22-,25-/m00/s1. The number of amides is 2. The van der Waals surface area contributed by atoms with Crippen molar-refractivity contribution in [3.8, 4) is 58.1 Å². The molecule has 2 amide bonds. The molecule has 2 saturated heterocycles. The van der Waals surface area contributed by atoms with Gasteiger partial charge in [0.2, 0.25) is 13.6 Å². The highest BCUT2D eigenvalue weighted by Gasteiger charge is 2.59. The summed E-state index contributed by atoms with van der Waals surface area (Å²) in [5.41, 5.74) is 20.4. The van der Waals surface area contributed by atoms with Gasteiger partial charge in [0, 0.05) is 81.8 Å². The normalized spacial score (nSPS) is 26.4. The van der Waals surface area contributed by atoms with Crippen molar-refractivity contribution in [3.05, 3.63) is 151 Å². The molecule has 84 heavy (non-hydrogen) atoms. The Morgan fingerprint density at radius 2 is 1.04 bits per heavy atom. The number of fused-ring (bicyclic) bond motifs is 19. The van der Waals surface area contributed by atoms with Crippen LogP contribution in [0.1, 0.15) is 123 Å². The first-order valence-corrected chi connectivity index (χ1v) is 29.0. The highest BCUT2D eigenvalue weighted by Crippen LogP contribution is 2.60. The summed E-state index contributed by atoms with van der Waals surface area (Å²) in [6.07, 6.45) is 5.79. The van der Waals surface area contributed by atoms with E-state index >= 15 is 0 Å². The molecule has 5 aromatic rings. The predicted molar refractivity (Wildman–Crippen MR) is 311 cm³/mol. The molecule has 0 spiro atoms. The third-order valence-corrected chi connectivity index (χ3v) is 20.0. The second kappa shape index (κ2) is 20.6. The number of imide groups is 1. The average molecular weight is 1140 g/mol. The Kier molecular flexibility index (Phi) is 13.5. The maximum Gasteiger partial charge on any atom is 0.261 e. The third-order valence-electron chi connectivity index (χ3n) is 20.0. The van der Waals surface area contributed by atoms with Crippen LogP contribution in [0.3, 0.4) is 0 Å². The molecule has 9 heterocycles. The van der Waals surface area contributed by atoms with Crippen molar-refractivity contribution in [1.29, 1.82) is 10.5 Å². The average Bonchev–Trinajstić information content (AvgIpc) is 1.87. The van der Waals surface area contributed by atoms with E-state index in [-0.39, 0.29) is 92.6 Å². The van der Waals surface area contributed by atoms with E-state index < -0.39 is 12.1 Å². The number of piperazine rings is 2. The van der Waals surface area contributed by atoms with Gasteiger partial charge in [0.1, 0.15) is 48.3 Å². The summed E-state index contributed by atoms with van der Waals surface area (Å²) in [5, 5.41) is 44.6. The Morgan fingerprint density at radius 3 is 1.45 bits per heavy atom. The van der Waals surface area contributed by atoms with Gasteiger partial charge in [-0.1, -0.05) is 49.6 Å². The zero-order valence-electron chi connectivity index (χ0n) is 48.7. The number of phenolic OH excluding ortho intramolecular Hbond substituents is 2. The number of aromatic hydroxyl groups is 2. The monoisotopic (exact) mass is 1130 g/mol. The van der Waals surface area contributed by atoms with Gasteiger partial charge in [-0.05, 0) is 127 Å². The van der Waals surface area contributed by atoms with Crippen LogP contribution in [0, 0.1) is 64.2 Å². The van der Waals surface area contributed by atoms with Gasteiger partial charge in [0.05, 0.1) is 47.4 Å². The summed E-state index contributed by atoms with van der Waals surface area (Å²) in [6.45, 7) is 20.7. The molecule has 4 bridgehead atoms. The van der Waals surface area contributed by atoms with Gasteiger partial charge in [-0.25, -0.2) is 0 Å². The van der Waals surface area contributed by atoms with Crippen LogP contribution in [0.25, 0.3) is 0 Å². The number of ether oxygens (including phenoxy) is 6. The number of hydrogen-bond acceptors (Lipinski definition) is 17. The van der Waals surface area contributed by atoms with Gasteiger partial charge >= 0.3 is 0 Å². The summed E-state index contributed by atoms with van der Waals surface area (Å²) in [6, 6.07) is 13.6. The van der Waals surface area contributed by atoms with Crippen molar-refractivity contribution in [2.45, 2.75) is 128 Å². The molecular weight excluding hydrogens is 1060 g/mol. The summed E-state index contributed by atoms with van der Waals surface area (Å²) in [4.78, 5) is 37.9. The highest BCUT2D eigenvalue weighted by molar-refractivity contribution is 6.21. The Balaban J connectivity index is 0.000000161. The van der Waals surface area contributed by atoms with Gasteiger partial charge in [0.25, 0.3) is 11.8 Å². The van der Waals surface area contributed by atoms with E-state index in [0.29, 0.717) is 84.5 Å². The van der Waals surface area contributed by atoms with Crippen LogP contribution in [0.15, 0.2) is 61.7 Å². The Labute approximate surface area is 489 Å². The van der Waals surface area contributed by atoms with Crippen molar-refractivity contribution in [3.63, 3.8) is 0 Å². The number of rotatable bonds is 9. The van der Waals surface area contributed by atoms with E-state index in [1.807, 2.05) is 48.6 Å². The lowest BCUT2D eigenvalue weighted by Gasteiger charge is -2.60. The van der Waals surface area contributed by atoms with E-state index in [9.17, 15) is 30.3 Å². The summed E-state index contributed by atoms with van der Waals surface area (Å²) >= 11 is 0. The fourth-order valence-electron chi connectivity index (χ4n) is 16.1. The highest BCUT2D eigenvalue weighted by atomic mass is 16.7. The predicted octanol–water partition coefficient (Wildman–Crippen LogP) is 8.02. The maximum absolute atomic E-state index is 13.8. The molecular formula is C66H70N8O10. The molecule has 434 valence electrons. The van der Waals surface area contributed by atoms with Crippen LogP contribution >= 0.6 is 0 Å². The summed E-state index contributed by atoms with van der Waals surface area (Å²) in [5.74, 6) is 3.84. The summed E-state index contributed by atoms with van der Waals surface area (Å²) in [7, 11) is 4.12. The van der Waals surface area contributed by atoms with Crippen LogP contribution in [0.4, 0.5) is 0 Å². The SMILES string of the molecule is C=CCOc1c(C)c2c(c3c1CC1[C@H]4c5c(cc(C)c(C)c5O)C[C@@H]([C@H](C#N)N1[C@H]3CN)N4C)OCO2.C=CCOc1c(C)c2c(c3c1CC1[C@H]4c5c(cc(C)c(C)c5O)C[C@@H]([C@H](C#N)N1[C@H]3CN1C(=O)c3ccccc3C1=O)N4C)OCO2. The lowest BCUT2D eigenvalue weighted by atomic mass is 9.71. The number of nitriles is 2. The van der Waals surface area contributed by atoms with Crippen LogP contribution in [0.2, 0.25) is 0 Å². The molecule has 2 unspecified atom stereocenters. The first-order chi connectivity index (χ1) is 40.5. The van der Waals surface area contributed by atoms with Crippen molar-refractivity contribution < 1.29 is 48.2 Å². The number of hydrogen-bond donors (Lipinski definition) is 3. The molecule has 0 aromatic heterocycles. The molecule has 0 radical (unpaired) electrons. The van der Waals surface area contributed by atoms with E-state index in [2.05, 4.69) is 64.1 Å². The minimum Gasteiger partial charge on any atom is -0.507 e. The molecule has 9 aliphatic heterocycles. The van der Waals surface area contributed by atoms with Crippen LogP contribution in [-0.2, 0) is 25.7 Å². The number of likely N-dealkylation sites (N-methyl/N-ethyl adjacent to an activating group) is 2. The Morgan fingerprint density at radius 1 is 0.619 bits per heavy atom. The van der Waals surface area contributed by atoms with Gasteiger partial charge in [0.15, 0.2) is 23.0 Å². The topological polar surface area (TPSA) is 220 Å². The minimum absolute atomic E-state index is 0.00268. The molecule has 18 heteroatoms. The quantitative estimate of drug-likeness (QED) is 0.0940. The fraction of sp³-hybridized carbons (Fsp3) is 0.424. The first-order valence-electron chi connectivity index (χ1n) is 29.0. The minimum atomic E-state index is -0.619. The number of nitrogens with zero attached hydrogens (tertiary/aromatic N) is 7. The Bertz CT molecular complexity index is 3740. The van der Waals surface area contributed by atoms with Crippen LogP contribution in [0.5, 0.6) is 46.0 Å². The van der Waals surface area contributed by atoms with Gasteiger partial charge in [-0.2, -0.15) is 10.5 Å². The van der Waals surface area contributed by atoms with Crippen LogP contribution < -0.4 is 34.2 Å². The molecule has 0 aliphatic carbocycles. The van der Waals surface area contributed by atoms with Crippen molar-refractivity contribution in [1.82, 2.24) is 24.5 Å². The van der Waals surface area contributed by atoms with E-state index in [1.165, 1.54) is 4.90 Å². The van der Waals surface area contributed by atoms with Crippen molar-refractivity contribution in [2.75, 3.05) is 54.0 Å². The fourth-order valence-corrected chi connectivity index (χ4v) is 16.1. The first kappa shape index (κ1) is 55.1. The number of aryl methyl sites for hydroxylation is 2. The van der Waals surface area contributed by atoms with Crippen molar-refractivity contribution >= 4 is 11.8 Å². The Hall–Kier alpha value is -8.10. The van der Waals surface area contributed by atoms with Gasteiger partial charge in [-0.3, -0.25) is 34.1 Å². The van der Waals surface area contributed by atoms with Gasteiger partial charge in [-0.15, -0.1) is 0 Å². The van der Waals surface area contributed by atoms with E-state index in [1.54, 1.807) is 36.4 Å². The zero-order chi connectivity index (χ0) is 59.1. The van der Waals surface area contributed by atoms with Gasteiger partial charge < -0.3 is 44.4 Å². The molecule has 14 rings (SSSR count). The lowest BCUT2D eigenvalue weighted by Crippen LogP contribution is -2.68.